The van der Waals surface area contributed by atoms with Gasteiger partial charge in [-0.25, -0.2) is 0 Å². The molecule has 80 heavy (non-hydrogen) atoms. The molecular weight excluding hydrogens is 968 g/mol. The zero-order chi connectivity index (χ0) is 53.6. The standard InChI is InChI=1S/C75H57BN4/c1-54-38-48-70-68(50-54)76-69-51-55(2)39-49-71(69)80(66-46-44-64(45-47-66)77(60-30-16-6-17-31-60)61-32-18-7-19-33-61)73-53-67(78(62-34-20-8-21-35-62)63-36-22-9-23-37-63)52-72(74(73)76)79(70)65-42-40-59(41-43-65)75(56-24-10-3-11-25-56,57-26-12-4-13-27-57)58-28-14-5-15-29-58/h3-53H,1-2H3. The monoisotopic (exact) mass is 1020 g/mol. The van der Waals surface area contributed by atoms with Gasteiger partial charge in [0, 0.05) is 62.6 Å². The van der Waals surface area contributed by atoms with Gasteiger partial charge in [0.2, 0.25) is 0 Å². The van der Waals surface area contributed by atoms with Crippen molar-refractivity contribution in [3.05, 3.63) is 343 Å². The summed E-state index contributed by atoms with van der Waals surface area (Å²) in [6, 6.07) is 114. The van der Waals surface area contributed by atoms with Crippen molar-refractivity contribution in [2.24, 2.45) is 0 Å². The normalized spacial score (nSPS) is 12.3. The maximum Gasteiger partial charge on any atom is 0.252 e. The molecule has 0 saturated carbocycles. The summed E-state index contributed by atoms with van der Waals surface area (Å²) in [4.78, 5) is 9.81. The van der Waals surface area contributed by atoms with Crippen molar-refractivity contribution in [2.45, 2.75) is 19.3 Å². The average Bonchev–Trinajstić information content (AvgIpc) is 3.69. The summed E-state index contributed by atoms with van der Waals surface area (Å²) in [5, 5.41) is 0. The minimum absolute atomic E-state index is 0.0552. The van der Waals surface area contributed by atoms with Crippen LogP contribution in [-0.4, -0.2) is 6.71 Å². The Bertz CT molecular complexity index is 3950. The van der Waals surface area contributed by atoms with Crippen LogP contribution >= 0.6 is 0 Å². The third kappa shape index (κ3) is 8.25. The number of aryl methyl sites for hydroxylation is 2. The highest BCUT2D eigenvalue weighted by atomic mass is 15.2. The van der Waals surface area contributed by atoms with Crippen molar-refractivity contribution in [1.82, 2.24) is 0 Å². The Hall–Kier alpha value is -10.1. The van der Waals surface area contributed by atoms with E-state index in [-0.39, 0.29) is 6.71 Å². The number of hydrogen-bond donors (Lipinski definition) is 0. The molecule has 0 N–H and O–H groups in total. The highest BCUT2D eigenvalue weighted by Gasteiger charge is 2.45. The molecule has 4 nitrogen and oxygen atoms in total. The second-order valence-corrected chi connectivity index (χ2v) is 21.1. The van der Waals surface area contributed by atoms with Crippen LogP contribution in [-0.2, 0) is 5.41 Å². The van der Waals surface area contributed by atoms with Gasteiger partial charge in [0.15, 0.2) is 0 Å². The average molecular weight is 1030 g/mol. The molecule has 0 unspecified atom stereocenters. The Kier molecular flexibility index (Phi) is 12.3. The van der Waals surface area contributed by atoms with E-state index in [4.69, 9.17) is 0 Å². The van der Waals surface area contributed by atoms with Gasteiger partial charge in [-0.05, 0) is 162 Å². The summed E-state index contributed by atoms with van der Waals surface area (Å²) in [5.74, 6) is 0. The summed E-state index contributed by atoms with van der Waals surface area (Å²) in [6.45, 7) is 4.40. The predicted octanol–water partition coefficient (Wildman–Crippen LogP) is 17.7. The van der Waals surface area contributed by atoms with Crippen LogP contribution in [0.3, 0.4) is 0 Å². The number of fused-ring (bicyclic) bond motifs is 4. The van der Waals surface area contributed by atoms with Crippen LogP contribution < -0.4 is 36.0 Å². The first kappa shape index (κ1) is 48.3. The zero-order valence-electron chi connectivity index (χ0n) is 44.8. The van der Waals surface area contributed by atoms with Gasteiger partial charge in [-0.3, -0.25) is 0 Å². The van der Waals surface area contributed by atoms with Crippen LogP contribution in [0.15, 0.2) is 309 Å². The predicted molar refractivity (Wildman–Crippen MR) is 338 cm³/mol. The molecule has 2 aliphatic heterocycles. The highest BCUT2D eigenvalue weighted by Crippen LogP contribution is 2.50. The van der Waals surface area contributed by atoms with Gasteiger partial charge in [0.05, 0.1) is 11.1 Å². The fourth-order valence-corrected chi connectivity index (χ4v) is 12.8. The van der Waals surface area contributed by atoms with Crippen LogP contribution in [0, 0.1) is 13.8 Å². The second-order valence-electron chi connectivity index (χ2n) is 21.1. The third-order valence-electron chi connectivity index (χ3n) is 16.2. The fraction of sp³-hybridized carbons (Fsp3) is 0.0400. The number of hydrogen-bond acceptors (Lipinski definition) is 4. The molecule has 0 atom stereocenters. The lowest BCUT2D eigenvalue weighted by Crippen LogP contribution is -2.61. The van der Waals surface area contributed by atoms with Crippen molar-refractivity contribution in [3.63, 3.8) is 0 Å². The first-order chi connectivity index (χ1) is 39.5. The Balaban J connectivity index is 1.02. The Morgan fingerprint density at radius 3 is 0.938 bits per heavy atom. The lowest BCUT2D eigenvalue weighted by atomic mass is 9.33. The number of nitrogens with zero attached hydrogens (tertiary/aromatic N) is 4. The van der Waals surface area contributed by atoms with Crippen LogP contribution in [0.25, 0.3) is 0 Å². The molecule has 380 valence electrons. The lowest BCUT2D eigenvalue weighted by Gasteiger charge is -2.45. The van der Waals surface area contributed by atoms with E-state index < -0.39 is 5.41 Å². The van der Waals surface area contributed by atoms with E-state index in [1.54, 1.807) is 0 Å². The van der Waals surface area contributed by atoms with Gasteiger partial charge in [-0.2, -0.15) is 0 Å². The van der Waals surface area contributed by atoms with E-state index in [1.807, 2.05) is 0 Å². The van der Waals surface area contributed by atoms with E-state index >= 15 is 0 Å². The molecule has 0 saturated heterocycles. The maximum atomic E-state index is 2.54. The van der Waals surface area contributed by atoms with Crippen LogP contribution in [0.5, 0.6) is 0 Å². The molecule has 2 heterocycles. The smallest absolute Gasteiger partial charge is 0.252 e. The van der Waals surface area contributed by atoms with Gasteiger partial charge in [0.25, 0.3) is 6.71 Å². The molecule has 0 bridgehead atoms. The summed E-state index contributed by atoms with van der Waals surface area (Å²) in [5.41, 5.74) is 23.8. The molecule has 0 amide bonds. The van der Waals surface area contributed by atoms with Crippen molar-refractivity contribution in [1.29, 1.82) is 0 Å². The van der Waals surface area contributed by atoms with Crippen LogP contribution in [0.4, 0.5) is 68.2 Å². The zero-order valence-corrected chi connectivity index (χ0v) is 44.8. The van der Waals surface area contributed by atoms with Gasteiger partial charge >= 0.3 is 0 Å². The van der Waals surface area contributed by atoms with Crippen molar-refractivity contribution in [3.8, 4) is 0 Å². The van der Waals surface area contributed by atoms with Crippen molar-refractivity contribution in [2.75, 3.05) is 19.6 Å². The second kappa shape index (κ2) is 20.4. The Labute approximate surface area is 470 Å². The van der Waals surface area contributed by atoms with Gasteiger partial charge in [0.1, 0.15) is 0 Å². The third-order valence-corrected chi connectivity index (χ3v) is 16.2. The first-order valence-corrected chi connectivity index (χ1v) is 27.7. The number of rotatable bonds is 12. The van der Waals surface area contributed by atoms with Crippen molar-refractivity contribution < 1.29 is 0 Å². The molecule has 0 aliphatic carbocycles. The molecule has 0 radical (unpaired) electrons. The molecule has 0 spiro atoms. The molecule has 12 aromatic rings. The van der Waals surface area contributed by atoms with Gasteiger partial charge in [-0.15, -0.1) is 0 Å². The van der Waals surface area contributed by atoms with E-state index in [9.17, 15) is 0 Å². The topological polar surface area (TPSA) is 13.0 Å². The van der Waals surface area contributed by atoms with Gasteiger partial charge in [-0.1, -0.05) is 211 Å². The van der Waals surface area contributed by atoms with Crippen LogP contribution in [0.2, 0.25) is 0 Å². The lowest BCUT2D eigenvalue weighted by molar-refractivity contribution is 0.745. The summed E-state index contributed by atoms with van der Waals surface area (Å²) in [6.07, 6.45) is 0. The Morgan fingerprint density at radius 1 is 0.275 bits per heavy atom. The molecule has 12 aromatic carbocycles. The van der Waals surface area contributed by atoms with Crippen molar-refractivity contribution >= 4 is 91.3 Å². The fourth-order valence-electron chi connectivity index (χ4n) is 12.8. The first-order valence-electron chi connectivity index (χ1n) is 27.7. The number of para-hydroxylation sites is 4. The number of benzene rings is 12. The largest absolute Gasteiger partial charge is 0.311 e. The summed E-state index contributed by atoms with van der Waals surface area (Å²) < 4.78 is 0. The molecule has 2 aliphatic rings. The van der Waals surface area contributed by atoms with E-state index in [2.05, 4.69) is 343 Å². The van der Waals surface area contributed by atoms with Crippen LogP contribution in [0.1, 0.15) is 33.4 Å². The summed E-state index contributed by atoms with van der Waals surface area (Å²) >= 11 is 0. The maximum absolute atomic E-state index is 2.54. The molecule has 14 rings (SSSR count). The van der Waals surface area contributed by atoms with E-state index in [1.165, 1.54) is 61.1 Å². The van der Waals surface area contributed by atoms with E-state index in [0.29, 0.717) is 0 Å². The SMILES string of the molecule is Cc1ccc2c(c1)B1c3cc(C)ccc3N(c3ccc(C(c4ccccc4)(c4ccccc4)c4ccccc4)cc3)c3cc(N(c4ccccc4)c4ccccc4)cc(c31)N2c1ccc(N(c2ccccc2)c2ccccc2)cc1. The number of anilines is 12. The summed E-state index contributed by atoms with van der Waals surface area (Å²) in [7, 11) is 0. The van der Waals surface area contributed by atoms with E-state index in [0.717, 1.165) is 56.9 Å². The molecule has 0 fully saturated rings. The molecule has 0 aromatic heterocycles. The quantitative estimate of drug-likeness (QED) is 0.0893. The molecule has 5 heteroatoms. The van der Waals surface area contributed by atoms with Gasteiger partial charge < -0.3 is 19.6 Å². The molecular formula is C75H57BN4. The highest BCUT2D eigenvalue weighted by molar-refractivity contribution is 7.00. The Morgan fingerprint density at radius 2 is 0.575 bits per heavy atom. The minimum atomic E-state index is -0.591. The minimum Gasteiger partial charge on any atom is -0.311 e.